The molecule has 0 aromatic carbocycles. The number of carbonyl (C=O) groups excluding carboxylic acids is 1. The lowest BCUT2D eigenvalue weighted by molar-refractivity contribution is 0.159. The molecule has 4 heteroatoms. The third-order valence-corrected chi connectivity index (χ3v) is 4.04. The predicted molar refractivity (Wildman–Crippen MR) is 67.5 cm³/mol. The first-order valence-corrected chi connectivity index (χ1v) is 5.93. The molecule has 0 bridgehead atoms. The minimum Gasteiger partial charge on any atom is -0.385 e. The fourth-order valence-electron chi connectivity index (χ4n) is 3.55. The molecule has 0 saturated heterocycles. The molecule has 2 atom stereocenters. The maximum Gasteiger partial charge on any atom is 0.346 e. The molecule has 92 valence electrons. The number of hydrogen-bond donors (Lipinski definition) is 1. The Labute approximate surface area is 102 Å². The molecule has 2 amide bonds. The van der Waals surface area contributed by atoms with Gasteiger partial charge in [-0.1, -0.05) is 26.7 Å². The first kappa shape index (κ1) is 12.0. The van der Waals surface area contributed by atoms with Crippen molar-refractivity contribution in [3.8, 4) is 12.3 Å². The second kappa shape index (κ2) is 3.49. The van der Waals surface area contributed by atoms with Crippen molar-refractivity contribution in [3.05, 3.63) is 0 Å². The molecule has 1 aliphatic heterocycles. The van der Waals surface area contributed by atoms with E-state index in [1.165, 1.54) is 0 Å². The first-order valence-electron chi connectivity index (χ1n) is 5.93. The molecule has 1 spiro atoms. The second-order valence-corrected chi connectivity index (χ2v) is 5.94. The number of nitrogens with two attached hydrogens (primary N) is 1. The van der Waals surface area contributed by atoms with E-state index in [2.05, 4.69) is 31.7 Å². The Morgan fingerprint density at radius 3 is 2.76 bits per heavy atom. The number of urea groups is 1. The van der Waals surface area contributed by atoms with Gasteiger partial charge in [0.2, 0.25) is 0 Å². The Balaban J connectivity index is 2.44. The Kier molecular flexibility index (Phi) is 2.46. The lowest BCUT2D eigenvalue weighted by Crippen LogP contribution is -2.56. The predicted octanol–water partition coefficient (Wildman–Crippen LogP) is 1.61. The molecule has 1 fully saturated rings. The fraction of sp³-hybridized carbons (Fsp3) is 0.692. The highest BCUT2D eigenvalue weighted by molar-refractivity contribution is 6.06. The van der Waals surface area contributed by atoms with Crippen molar-refractivity contribution in [2.75, 3.05) is 6.54 Å². The van der Waals surface area contributed by atoms with Crippen molar-refractivity contribution in [1.29, 1.82) is 0 Å². The number of carbonyl (C=O) groups is 1. The lowest BCUT2D eigenvalue weighted by Gasteiger charge is -2.37. The monoisotopic (exact) mass is 233 g/mol. The van der Waals surface area contributed by atoms with E-state index >= 15 is 0 Å². The summed E-state index contributed by atoms with van der Waals surface area (Å²) in [6.45, 7) is 6.80. The van der Waals surface area contributed by atoms with Gasteiger partial charge in [-0.05, 0) is 24.2 Å². The third kappa shape index (κ3) is 1.53. The summed E-state index contributed by atoms with van der Waals surface area (Å²) < 4.78 is 0. The third-order valence-electron chi connectivity index (χ3n) is 4.04. The van der Waals surface area contributed by atoms with Crippen molar-refractivity contribution in [2.24, 2.45) is 22.1 Å². The number of hydrogen-bond acceptors (Lipinski definition) is 2. The van der Waals surface area contributed by atoms with Crippen LogP contribution in [-0.4, -0.2) is 28.9 Å². The molecular formula is C13H19N3O. The Morgan fingerprint density at radius 1 is 1.65 bits per heavy atom. The minimum absolute atomic E-state index is 0.164. The van der Waals surface area contributed by atoms with Crippen LogP contribution in [0.4, 0.5) is 4.79 Å². The summed E-state index contributed by atoms with van der Waals surface area (Å²) in [6.07, 6.45) is 7.21. The van der Waals surface area contributed by atoms with Crippen LogP contribution in [0.1, 0.15) is 33.6 Å². The van der Waals surface area contributed by atoms with E-state index in [4.69, 9.17) is 12.2 Å². The fourth-order valence-corrected chi connectivity index (χ4v) is 3.55. The quantitative estimate of drug-likeness (QED) is 0.699. The molecule has 2 unspecified atom stereocenters. The molecular weight excluding hydrogens is 214 g/mol. The summed E-state index contributed by atoms with van der Waals surface area (Å²) in [5.41, 5.74) is 5.73. The van der Waals surface area contributed by atoms with Crippen LogP contribution < -0.4 is 5.73 Å². The molecule has 1 aliphatic carbocycles. The van der Waals surface area contributed by atoms with Crippen molar-refractivity contribution in [2.45, 2.75) is 39.2 Å². The molecule has 4 nitrogen and oxygen atoms in total. The molecule has 1 heterocycles. The number of rotatable bonds is 1. The molecule has 0 aromatic heterocycles. The molecule has 2 N–H and O–H groups in total. The van der Waals surface area contributed by atoms with Gasteiger partial charge >= 0.3 is 6.03 Å². The Bertz CT molecular complexity index is 432. The number of aliphatic imine (C=N–C) groups is 1. The van der Waals surface area contributed by atoms with Crippen molar-refractivity contribution >= 4 is 11.9 Å². The summed E-state index contributed by atoms with van der Waals surface area (Å²) in [6, 6.07) is -0.287. The van der Waals surface area contributed by atoms with Crippen LogP contribution in [0, 0.1) is 23.7 Å². The normalized spacial score (nSPS) is 35.2. The molecule has 0 aromatic rings. The van der Waals surface area contributed by atoms with Crippen molar-refractivity contribution in [1.82, 2.24) is 4.90 Å². The molecule has 2 rings (SSSR count). The van der Waals surface area contributed by atoms with E-state index in [0.29, 0.717) is 11.8 Å². The van der Waals surface area contributed by atoms with Gasteiger partial charge in [-0.2, -0.15) is 4.99 Å². The van der Waals surface area contributed by atoms with Crippen LogP contribution >= 0.6 is 0 Å². The standard InChI is InChI=1S/C13H19N3O/c1-5-6-16-11(17)15-10(14)13(16)8-12(3,4)7-9(13)2/h1,9H,6-8H2,2-4H3,(H2,14,15,17). The molecule has 2 aliphatic rings. The smallest absolute Gasteiger partial charge is 0.346 e. The van der Waals surface area contributed by atoms with Gasteiger partial charge in [-0.25, -0.2) is 4.79 Å². The zero-order chi connectivity index (χ0) is 12.8. The maximum atomic E-state index is 11.9. The van der Waals surface area contributed by atoms with E-state index in [0.717, 1.165) is 12.8 Å². The van der Waals surface area contributed by atoms with E-state index in [1.54, 1.807) is 4.90 Å². The van der Waals surface area contributed by atoms with Gasteiger partial charge in [0, 0.05) is 0 Å². The van der Waals surface area contributed by atoms with Crippen LogP contribution in [0.3, 0.4) is 0 Å². The van der Waals surface area contributed by atoms with E-state index < -0.39 is 5.54 Å². The second-order valence-electron chi connectivity index (χ2n) is 5.94. The summed E-state index contributed by atoms with van der Waals surface area (Å²) in [4.78, 5) is 17.4. The van der Waals surface area contributed by atoms with Crippen LogP contribution in [0.5, 0.6) is 0 Å². The van der Waals surface area contributed by atoms with Crippen LogP contribution in [-0.2, 0) is 0 Å². The first-order chi connectivity index (χ1) is 7.83. The number of amidine groups is 1. The van der Waals surface area contributed by atoms with Gasteiger partial charge in [-0.3, -0.25) is 4.90 Å². The summed E-state index contributed by atoms with van der Waals surface area (Å²) in [7, 11) is 0. The van der Waals surface area contributed by atoms with Crippen LogP contribution in [0.25, 0.3) is 0 Å². The highest BCUT2D eigenvalue weighted by atomic mass is 16.2. The van der Waals surface area contributed by atoms with Gasteiger partial charge in [0.25, 0.3) is 0 Å². The number of amides is 2. The van der Waals surface area contributed by atoms with Gasteiger partial charge < -0.3 is 5.73 Å². The zero-order valence-corrected chi connectivity index (χ0v) is 10.7. The van der Waals surface area contributed by atoms with E-state index in [-0.39, 0.29) is 18.0 Å². The highest BCUT2D eigenvalue weighted by Gasteiger charge is 2.58. The minimum atomic E-state index is -0.451. The van der Waals surface area contributed by atoms with Gasteiger partial charge in [0.15, 0.2) is 0 Å². The highest BCUT2D eigenvalue weighted by Crippen LogP contribution is 2.52. The van der Waals surface area contributed by atoms with Gasteiger partial charge in [-0.15, -0.1) is 6.42 Å². The molecule has 0 radical (unpaired) electrons. The Hall–Kier alpha value is -1.50. The van der Waals surface area contributed by atoms with E-state index in [9.17, 15) is 4.79 Å². The van der Waals surface area contributed by atoms with Gasteiger partial charge in [0.1, 0.15) is 11.4 Å². The lowest BCUT2D eigenvalue weighted by atomic mass is 9.84. The largest absolute Gasteiger partial charge is 0.385 e. The maximum absolute atomic E-state index is 11.9. The number of terminal acetylenes is 1. The Morgan fingerprint density at radius 2 is 2.29 bits per heavy atom. The number of nitrogens with zero attached hydrogens (tertiary/aromatic N) is 2. The SMILES string of the molecule is C#CCN1C(=O)N=C(N)C12CC(C)(C)CC2C. The topological polar surface area (TPSA) is 58.7 Å². The van der Waals surface area contributed by atoms with E-state index in [1.807, 2.05) is 0 Å². The summed E-state index contributed by atoms with van der Waals surface area (Å²) in [5, 5.41) is 0. The molecule has 1 saturated carbocycles. The average molecular weight is 233 g/mol. The zero-order valence-electron chi connectivity index (χ0n) is 10.7. The average Bonchev–Trinajstić information content (AvgIpc) is 2.56. The summed E-state index contributed by atoms with van der Waals surface area (Å²) in [5.74, 6) is 3.27. The van der Waals surface area contributed by atoms with Crippen LogP contribution in [0.15, 0.2) is 4.99 Å². The van der Waals surface area contributed by atoms with Gasteiger partial charge in [0.05, 0.1) is 6.54 Å². The van der Waals surface area contributed by atoms with Crippen molar-refractivity contribution in [3.63, 3.8) is 0 Å². The molecule has 17 heavy (non-hydrogen) atoms. The summed E-state index contributed by atoms with van der Waals surface area (Å²) >= 11 is 0. The van der Waals surface area contributed by atoms with Crippen molar-refractivity contribution < 1.29 is 4.79 Å². The van der Waals surface area contributed by atoms with Crippen LogP contribution in [0.2, 0.25) is 0 Å².